The Morgan fingerprint density at radius 2 is 1.76 bits per heavy atom. The Balaban J connectivity index is 1.56. The van der Waals surface area contributed by atoms with E-state index in [1.165, 1.54) is 24.5 Å². The number of hydrogen-bond donors (Lipinski definition) is 0. The molecule has 4 nitrogen and oxygen atoms in total. The molecule has 2 aromatic rings. The van der Waals surface area contributed by atoms with Crippen molar-refractivity contribution in [1.82, 2.24) is 14.9 Å². The second kappa shape index (κ2) is 4.77. The predicted octanol–water partition coefficient (Wildman–Crippen LogP) is 2.18. The molecule has 2 aliphatic rings. The summed E-state index contributed by atoms with van der Waals surface area (Å²) in [6, 6.07) is 9.57. The Hall–Kier alpha value is -2.01. The Bertz CT molecular complexity index is 638. The number of anilines is 1. The fraction of sp³-hybridized carbons (Fsp3) is 0.375. The lowest BCUT2D eigenvalue weighted by Gasteiger charge is -2.33. The first-order valence-electron chi connectivity index (χ1n) is 7.25. The number of likely N-dealkylation sites (tertiary alicyclic amines) is 1. The van der Waals surface area contributed by atoms with Crippen molar-refractivity contribution < 1.29 is 4.39 Å². The summed E-state index contributed by atoms with van der Waals surface area (Å²) in [5.41, 5.74) is 2.17. The zero-order valence-corrected chi connectivity index (χ0v) is 11.9. The van der Waals surface area contributed by atoms with Crippen molar-refractivity contribution in [3.63, 3.8) is 0 Å². The van der Waals surface area contributed by atoms with E-state index in [4.69, 9.17) is 0 Å². The molecule has 4 rings (SSSR count). The quantitative estimate of drug-likeness (QED) is 0.846. The molecule has 108 valence electrons. The zero-order chi connectivity index (χ0) is 14.4. The molecular weight excluding hydrogens is 267 g/mol. The van der Waals surface area contributed by atoms with Crippen molar-refractivity contribution in [2.24, 2.45) is 0 Å². The molecule has 3 heterocycles. The molecule has 5 heteroatoms. The lowest BCUT2D eigenvalue weighted by molar-refractivity contribution is 0.292. The highest BCUT2D eigenvalue weighted by Crippen LogP contribution is 2.34. The number of nitrogens with zero attached hydrogens (tertiary/aromatic N) is 4. The van der Waals surface area contributed by atoms with Crippen LogP contribution in [0.15, 0.2) is 36.7 Å². The summed E-state index contributed by atoms with van der Waals surface area (Å²) in [6.07, 6.45) is 3.66. The van der Waals surface area contributed by atoms with Crippen LogP contribution in [0.1, 0.15) is 6.42 Å². The number of hydrogen-bond acceptors (Lipinski definition) is 4. The molecule has 21 heavy (non-hydrogen) atoms. The normalized spacial score (nSPS) is 24.8. The Labute approximate surface area is 123 Å². The number of likely N-dealkylation sites (N-methyl/N-ethyl adjacent to an activating group) is 1. The third-order valence-corrected chi connectivity index (χ3v) is 4.59. The molecule has 0 unspecified atom stereocenters. The maximum atomic E-state index is 12.9. The largest absolute Gasteiger partial charge is 0.366 e. The molecule has 0 aliphatic carbocycles. The van der Waals surface area contributed by atoms with E-state index in [2.05, 4.69) is 38.9 Å². The van der Waals surface area contributed by atoms with Crippen molar-refractivity contribution in [3.8, 4) is 11.4 Å². The smallest absolute Gasteiger partial charge is 0.159 e. The minimum atomic E-state index is -0.410. The van der Waals surface area contributed by atoms with Gasteiger partial charge in [0.15, 0.2) is 11.6 Å². The van der Waals surface area contributed by atoms with Crippen molar-refractivity contribution in [2.45, 2.75) is 18.5 Å². The highest BCUT2D eigenvalue weighted by atomic mass is 19.1. The van der Waals surface area contributed by atoms with Gasteiger partial charge in [0.2, 0.25) is 0 Å². The van der Waals surface area contributed by atoms with Gasteiger partial charge in [-0.25, -0.2) is 14.4 Å². The summed E-state index contributed by atoms with van der Waals surface area (Å²) in [5.74, 6) is 0.151. The third-order valence-electron chi connectivity index (χ3n) is 4.59. The lowest BCUT2D eigenvalue weighted by atomic mass is 10.1. The predicted molar refractivity (Wildman–Crippen MR) is 79.6 cm³/mol. The average molecular weight is 284 g/mol. The molecule has 2 fully saturated rings. The van der Waals surface area contributed by atoms with E-state index >= 15 is 0 Å². The fourth-order valence-corrected chi connectivity index (χ4v) is 3.45. The van der Waals surface area contributed by atoms with E-state index in [1.54, 1.807) is 0 Å². The average Bonchev–Trinajstić information content (AvgIpc) is 3.07. The van der Waals surface area contributed by atoms with Gasteiger partial charge in [-0.3, -0.25) is 4.90 Å². The van der Waals surface area contributed by atoms with Gasteiger partial charge in [0, 0.05) is 36.4 Å². The van der Waals surface area contributed by atoms with E-state index < -0.39 is 5.82 Å². The van der Waals surface area contributed by atoms with E-state index in [1.807, 2.05) is 12.1 Å². The monoisotopic (exact) mass is 284 g/mol. The van der Waals surface area contributed by atoms with E-state index in [0.29, 0.717) is 17.9 Å². The van der Waals surface area contributed by atoms with E-state index in [0.717, 1.165) is 18.7 Å². The Morgan fingerprint density at radius 3 is 2.33 bits per heavy atom. The highest BCUT2D eigenvalue weighted by Gasteiger charge is 2.41. The summed E-state index contributed by atoms with van der Waals surface area (Å²) >= 11 is 0. The molecule has 2 saturated heterocycles. The van der Waals surface area contributed by atoms with Crippen LogP contribution >= 0.6 is 0 Å². The first-order valence-corrected chi connectivity index (χ1v) is 7.25. The second-order valence-corrected chi connectivity index (χ2v) is 5.91. The summed E-state index contributed by atoms with van der Waals surface area (Å²) in [7, 11) is 2.21. The van der Waals surface area contributed by atoms with Gasteiger partial charge in [-0.1, -0.05) is 0 Å². The summed E-state index contributed by atoms with van der Waals surface area (Å²) < 4.78 is 12.9. The molecular formula is C16H17FN4. The van der Waals surface area contributed by atoms with Crippen molar-refractivity contribution >= 4 is 5.69 Å². The topological polar surface area (TPSA) is 32.3 Å². The standard InChI is InChI=1S/C16H17FN4/c1-20-9-15-6-14(20)10-21(15)13-4-2-11(3-5-13)16-18-7-12(17)8-19-16/h2-5,7-8,14-15H,6,9-10H2,1H3/t14-,15+/m1/s1. The molecule has 1 aromatic carbocycles. The van der Waals surface area contributed by atoms with Crippen molar-refractivity contribution in [2.75, 3.05) is 25.0 Å². The molecule has 1 aromatic heterocycles. The molecule has 0 N–H and O–H groups in total. The molecule has 2 bridgehead atoms. The number of benzene rings is 1. The van der Waals surface area contributed by atoms with Gasteiger partial charge >= 0.3 is 0 Å². The van der Waals surface area contributed by atoms with Gasteiger partial charge in [0.05, 0.1) is 12.4 Å². The Kier molecular flexibility index (Phi) is 2.89. The minimum absolute atomic E-state index is 0.410. The molecule has 0 radical (unpaired) electrons. The van der Waals surface area contributed by atoms with Gasteiger partial charge in [0.1, 0.15) is 0 Å². The first-order chi connectivity index (χ1) is 10.2. The van der Waals surface area contributed by atoms with E-state index in [9.17, 15) is 4.39 Å². The fourth-order valence-electron chi connectivity index (χ4n) is 3.45. The molecule has 0 spiro atoms. The van der Waals surface area contributed by atoms with Crippen molar-refractivity contribution in [3.05, 3.63) is 42.5 Å². The number of halogens is 1. The SMILES string of the molecule is CN1C[C@@H]2C[C@@H]1CN2c1ccc(-c2ncc(F)cn2)cc1. The van der Waals surface area contributed by atoms with Gasteiger partial charge < -0.3 is 4.90 Å². The van der Waals surface area contributed by atoms with E-state index in [-0.39, 0.29) is 0 Å². The van der Waals surface area contributed by atoms with Crippen LogP contribution in [0.5, 0.6) is 0 Å². The highest BCUT2D eigenvalue weighted by molar-refractivity contribution is 5.61. The number of rotatable bonds is 2. The maximum absolute atomic E-state index is 12.9. The number of piperazine rings is 1. The zero-order valence-electron chi connectivity index (χ0n) is 11.9. The second-order valence-electron chi connectivity index (χ2n) is 5.91. The lowest BCUT2D eigenvalue weighted by Crippen LogP contribution is -2.44. The van der Waals surface area contributed by atoms with Crippen molar-refractivity contribution in [1.29, 1.82) is 0 Å². The first kappa shape index (κ1) is 12.7. The maximum Gasteiger partial charge on any atom is 0.159 e. The van der Waals surface area contributed by atoms with Gasteiger partial charge in [0.25, 0.3) is 0 Å². The van der Waals surface area contributed by atoms with Crippen LogP contribution in [0.2, 0.25) is 0 Å². The van der Waals surface area contributed by atoms with Crippen LogP contribution in [0.25, 0.3) is 11.4 Å². The summed E-state index contributed by atoms with van der Waals surface area (Å²) in [4.78, 5) is 13.0. The van der Waals surface area contributed by atoms with Crippen LogP contribution < -0.4 is 4.90 Å². The molecule has 0 amide bonds. The summed E-state index contributed by atoms with van der Waals surface area (Å²) in [5, 5.41) is 0. The van der Waals surface area contributed by atoms with Crippen LogP contribution in [0.3, 0.4) is 0 Å². The van der Waals surface area contributed by atoms with Gasteiger partial charge in [-0.05, 0) is 37.7 Å². The van der Waals surface area contributed by atoms with Crippen LogP contribution in [0, 0.1) is 5.82 Å². The van der Waals surface area contributed by atoms with Crippen LogP contribution in [0.4, 0.5) is 10.1 Å². The third kappa shape index (κ3) is 2.17. The summed E-state index contributed by atoms with van der Waals surface area (Å²) in [6.45, 7) is 2.25. The minimum Gasteiger partial charge on any atom is -0.366 e. The van der Waals surface area contributed by atoms with Gasteiger partial charge in [-0.2, -0.15) is 0 Å². The van der Waals surface area contributed by atoms with Crippen LogP contribution in [-0.2, 0) is 0 Å². The number of fused-ring (bicyclic) bond motifs is 2. The van der Waals surface area contributed by atoms with Crippen LogP contribution in [-0.4, -0.2) is 47.1 Å². The molecule has 2 aliphatic heterocycles. The molecule has 0 saturated carbocycles. The molecule has 2 atom stereocenters. The van der Waals surface area contributed by atoms with Gasteiger partial charge in [-0.15, -0.1) is 0 Å². The Morgan fingerprint density at radius 1 is 1.05 bits per heavy atom. The number of aromatic nitrogens is 2.